The van der Waals surface area contributed by atoms with Gasteiger partial charge in [0.25, 0.3) is 0 Å². The molecule has 1 fully saturated rings. The number of rotatable bonds is 5. The van der Waals surface area contributed by atoms with Gasteiger partial charge < -0.3 is 5.32 Å². The zero-order valence-corrected chi connectivity index (χ0v) is 15.7. The van der Waals surface area contributed by atoms with E-state index in [9.17, 15) is 26.4 Å². The Balaban J connectivity index is 2.18. The van der Waals surface area contributed by atoms with Crippen molar-refractivity contribution in [2.24, 2.45) is 5.92 Å². The summed E-state index contributed by atoms with van der Waals surface area (Å²) in [6, 6.07) is 0. The Morgan fingerprint density at radius 2 is 1.85 bits per heavy atom. The predicted octanol–water partition coefficient (Wildman–Crippen LogP) is 1.60. The minimum absolute atomic E-state index is 0.0238. The standard InChI is InChI=1S/C15H23F3N4O3S/c1-10-4-6-21(7-5-10)26(24,25)14-11(2)20-22(12(14)3)8-13(23)19-9-15(16,17)18/h10H,4-9H2,1-3H3,(H,19,23). The van der Waals surface area contributed by atoms with Crippen LogP contribution in [0.5, 0.6) is 0 Å². The largest absolute Gasteiger partial charge is 0.405 e. The van der Waals surface area contributed by atoms with Crippen molar-refractivity contribution in [2.75, 3.05) is 19.6 Å². The normalized spacial score (nSPS) is 17.5. The van der Waals surface area contributed by atoms with Crippen molar-refractivity contribution in [3.8, 4) is 0 Å². The predicted molar refractivity (Wildman–Crippen MR) is 87.9 cm³/mol. The van der Waals surface area contributed by atoms with Crippen LogP contribution < -0.4 is 5.32 Å². The smallest absolute Gasteiger partial charge is 0.345 e. The molecule has 0 aliphatic carbocycles. The number of nitrogens with zero attached hydrogens (tertiary/aromatic N) is 3. The summed E-state index contributed by atoms with van der Waals surface area (Å²) >= 11 is 0. The number of carbonyl (C=O) groups is 1. The number of aryl methyl sites for hydroxylation is 1. The molecule has 1 N–H and O–H groups in total. The van der Waals surface area contributed by atoms with E-state index >= 15 is 0 Å². The molecular formula is C15H23F3N4O3S. The summed E-state index contributed by atoms with van der Waals surface area (Å²) in [7, 11) is -3.76. The van der Waals surface area contributed by atoms with E-state index in [-0.39, 0.29) is 16.3 Å². The van der Waals surface area contributed by atoms with Crippen LogP contribution in [0.2, 0.25) is 0 Å². The van der Waals surface area contributed by atoms with Crippen LogP contribution in [0.4, 0.5) is 13.2 Å². The van der Waals surface area contributed by atoms with Crippen LogP contribution in [-0.4, -0.2) is 54.2 Å². The fourth-order valence-electron chi connectivity index (χ4n) is 2.95. The van der Waals surface area contributed by atoms with E-state index in [0.29, 0.717) is 19.0 Å². The first-order valence-electron chi connectivity index (χ1n) is 8.29. The zero-order chi connectivity index (χ0) is 19.7. The van der Waals surface area contributed by atoms with Gasteiger partial charge in [-0.1, -0.05) is 6.92 Å². The summed E-state index contributed by atoms with van der Waals surface area (Å²) in [5, 5.41) is 5.79. The van der Waals surface area contributed by atoms with Crippen LogP contribution in [0.1, 0.15) is 31.2 Å². The highest BCUT2D eigenvalue weighted by Gasteiger charge is 2.33. The van der Waals surface area contributed by atoms with E-state index in [4.69, 9.17) is 0 Å². The summed E-state index contributed by atoms with van der Waals surface area (Å²) in [5.41, 5.74) is 0.466. The van der Waals surface area contributed by atoms with E-state index in [2.05, 4.69) is 12.0 Å². The van der Waals surface area contributed by atoms with E-state index in [1.165, 1.54) is 18.2 Å². The van der Waals surface area contributed by atoms with Crippen LogP contribution in [0.3, 0.4) is 0 Å². The molecule has 1 aromatic rings. The molecule has 1 amide bonds. The number of aromatic nitrogens is 2. The Hall–Kier alpha value is -1.62. The molecule has 1 aliphatic heterocycles. The van der Waals surface area contributed by atoms with Gasteiger partial charge in [-0.3, -0.25) is 9.48 Å². The summed E-state index contributed by atoms with van der Waals surface area (Å²) in [4.78, 5) is 11.7. The van der Waals surface area contributed by atoms with Gasteiger partial charge in [-0.25, -0.2) is 8.42 Å². The van der Waals surface area contributed by atoms with E-state index < -0.39 is 35.2 Å². The number of halogens is 3. The number of sulfonamides is 1. The fraction of sp³-hybridized carbons (Fsp3) is 0.733. The van der Waals surface area contributed by atoms with Crippen molar-refractivity contribution in [1.29, 1.82) is 0 Å². The fourth-order valence-corrected chi connectivity index (χ4v) is 4.80. The third kappa shape index (κ3) is 4.76. The van der Waals surface area contributed by atoms with Crippen molar-refractivity contribution in [3.63, 3.8) is 0 Å². The van der Waals surface area contributed by atoms with Gasteiger partial charge in [-0.2, -0.15) is 22.6 Å². The highest BCUT2D eigenvalue weighted by atomic mass is 32.2. The second-order valence-electron chi connectivity index (χ2n) is 6.64. The zero-order valence-electron chi connectivity index (χ0n) is 14.9. The number of piperidine rings is 1. The lowest BCUT2D eigenvalue weighted by molar-refractivity contribution is -0.138. The van der Waals surface area contributed by atoms with Crippen molar-refractivity contribution in [2.45, 2.75) is 51.2 Å². The molecule has 1 aliphatic rings. The number of nitrogens with one attached hydrogen (secondary N) is 1. The van der Waals surface area contributed by atoms with Gasteiger partial charge in [-0.05, 0) is 32.6 Å². The van der Waals surface area contributed by atoms with E-state index in [1.807, 2.05) is 0 Å². The Labute approximate surface area is 150 Å². The number of alkyl halides is 3. The lowest BCUT2D eigenvalue weighted by Gasteiger charge is -2.29. The monoisotopic (exact) mass is 396 g/mol. The third-order valence-electron chi connectivity index (χ3n) is 4.43. The Morgan fingerprint density at radius 3 is 2.38 bits per heavy atom. The molecule has 148 valence electrons. The Morgan fingerprint density at radius 1 is 1.27 bits per heavy atom. The van der Waals surface area contributed by atoms with Crippen LogP contribution in [0.15, 0.2) is 4.90 Å². The van der Waals surface area contributed by atoms with Crippen molar-refractivity contribution < 1.29 is 26.4 Å². The second kappa shape index (κ2) is 7.55. The number of amides is 1. The summed E-state index contributed by atoms with van der Waals surface area (Å²) < 4.78 is 64.9. The Bertz CT molecular complexity index is 766. The maximum Gasteiger partial charge on any atom is 0.405 e. The molecule has 0 radical (unpaired) electrons. The molecule has 0 saturated carbocycles. The van der Waals surface area contributed by atoms with Gasteiger partial charge in [0.05, 0.1) is 11.4 Å². The summed E-state index contributed by atoms with van der Waals surface area (Å²) in [6.45, 7) is 3.99. The van der Waals surface area contributed by atoms with Gasteiger partial charge in [0.2, 0.25) is 15.9 Å². The van der Waals surface area contributed by atoms with Crippen LogP contribution >= 0.6 is 0 Å². The number of carbonyl (C=O) groups excluding carboxylic acids is 1. The van der Waals surface area contributed by atoms with Crippen LogP contribution in [0, 0.1) is 19.8 Å². The third-order valence-corrected chi connectivity index (χ3v) is 6.59. The first kappa shape index (κ1) is 20.7. The first-order chi connectivity index (χ1) is 11.9. The summed E-state index contributed by atoms with van der Waals surface area (Å²) in [6.07, 6.45) is -2.97. The Kier molecular flexibility index (Phi) is 6.01. The molecule has 11 heteroatoms. The maximum absolute atomic E-state index is 12.9. The molecule has 1 saturated heterocycles. The lowest BCUT2D eigenvalue weighted by atomic mass is 10.0. The average Bonchev–Trinajstić information content (AvgIpc) is 2.79. The van der Waals surface area contributed by atoms with Crippen molar-refractivity contribution in [1.82, 2.24) is 19.4 Å². The molecular weight excluding hydrogens is 373 g/mol. The molecule has 2 rings (SSSR count). The quantitative estimate of drug-likeness (QED) is 0.819. The molecule has 2 heterocycles. The van der Waals surface area contributed by atoms with Crippen LogP contribution in [-0.2, 0) is 21.4 Å². The van der Waals surface area contributed by atoms with Gasteiger partial charge in [0.15, 0.2) is 0 Å². The van der Waals surface area contributed by atoms with E-state index in [1.54, 1.807) is 5.32 Å². The minimum atomic E-state index is -4.51. The van der Waals surface area contributed by atoms with Crippen molar-refractivity contribution >= 4 is 15.9 Å². The molecule has 0 spiro atoms. The molecule has 0 aromatic carbocycles. The summed E-state index contributed by atoms with van der Waals surface area (Å²) in [5.74, 6) is -0.424. The van der Waals surface area contributed by atoms with Crippen LogP contribution in [0.25, 0.3) is 0 Å². The maximum atomic E-state index is 12.9. The van der Waals surface area contributed by atoms with Gasteiger partial charge in [-0.15, -0.1) is 0 Å². The molecule has 0 atom stereocenters. The highest BCUT2D eigenvalue weighted by molar-refractivity contribution is 7.89. The van der Waals surface area contributed by atoms with E-state index in [0.717, 1.165) is 17.5 Å². The van der Waals surface area contributed by atoms with Crippen molar-refractivity contribution in [3.05, 3.63) is 11.4 Å². The molecule has 26 heavy (non-hydrogen) atoms. The lowest BCUT2D eigenvalue weighted by Crippen LogP contribution is -2.38. The molecule has 0 unspecified atom stereocenters. The average molecular weight is 396 g/mol. The van der Waals surface area contributed by atoms with Gasteiger partial charge in [0.1, 0.15) is 18.0 Å². The SMILES string of the molecule is Cc1nn(CC(=O)NCC(F)(F)F)c(C)c1S(=O)(=O)N1CCC(C)CC1. The topological polar surface area (TPSA) is 84.3 Å². The number of hydrogen-bond acceptors (Lipinski definition) is 4. The van der Waals surface area contributed by atoms with Gasteiger partial charge in [0, 0.05) is 13.1 Å². The van der Waals surface area contributed by atoms with Gasteiger partial charge >= 0.3 is 6.18 Å². The first-order valence-corrected chi connectivity index (χ1v) is 9.73. The minimum Gasteiger partial charge on any atom is -0.345 e. The molecule has 0 bridgehead atoms. The second-order valence-corrected chi connectivity index (χ2v) is 8.51. The molecule has 1 aromatic heterocycles. The highest BCUT2D eigenvalue weighted by Crippen LogP contribution is 2.27. The molecule has 7 nitrogen and oxygen atoms in total. The number of hydrogen-bond donors (Lipinski definition) is 1.